The Labute approximate surface area is 118 Å². The number of halogens is 8. The molecule has 0 aliphatic carbocycles. The zero-order valence-electron chi connectivity index (χ0n) is 10.7. The third kappa shape index (κ3) is 3.90. The Bertz CT molecular complexity index is 526. The molecule has 1 atom stereocenters. The summed E-state index contributed by atoms with van der Waals surface area (Å²) in [4.78, 5) is 0. The van der Waals surface area contributed by atoms with Gasteiger partial charge in [0.15, 0.2) is 0 Å². The summed E-state index contributed by atoms with van der Waals surface area (Å²) in [5.74, 6) is -6.85. The lowest BCUT2D eigenvalue weighted by Gasteiger charge is -2.27. The minimum atomic E-state index is -5.93. The third-order valence-corrected chi connectivity index (χ3v) is 2.54. The lowest BCUT2D eigenvalue weighted by atomic mass is 9.99. The molecule has 2 N–H and O–H groups in total. The first kappa shape index (κ1) is 18.3. The van der Waals surface area contributed by atoms with E-state index in [-0.39, 0.29) is 0 Å². The second-order valence-electron chi connectivity index (χ2n) is 4.05. The summed E-state index contributed by atoms with van der Waals surface area (Å²) in [6.07, 6.45) is -11.0. The maximum Gasteiger partial charge on any atom is 0.573 e. The average molecular weight is 339 g/mol. The van der Waals surface area contributed by atoms with Gasteiger partial charge in [-0.25, -0.2) is 0 Å². The molecule has 0 unspecified atom stereocenters. The van der Waals surface area contributed by atoms with Gasteiger partial charge in [0.1, 0.15) is 17.5 Å². The van der Waals surface area contributed by atoms with Crippen molar-refractivity contribution >= 4 is 0 Å². The Morgan fingerprint density at radius 3 is 1.95 bits per heavy atom. The van der Waals surface area contributed by atoms with Crippen LogP contribution in [0.2, 0.25) is 0 Å². The summed E-state index contributed by atoms with van der Waals surface area (Å²) < 4.78 is 107. The smallest absolute Gasteiger partial charge is 0.496 e. The van der Waals surface area contributed by atoms with Crippen LogP contribution in [0.5, 0.6) is 11.5 Å². The molecule has 3 nitrogen and oxygen atoms in total. The summed E-state index contributed by atoms with van der Waals surface area (Å²) in [5.41, 5.74) is 4.08. The summed E-state index contributed by atoms with van der Waals surface area (Å²) in [6, 6.07) is -1.25. The minimum absolute atomic E-state index is 0.509. The molecule has 0 aromatic heterocycles. The zero-order valence-corrected chi connectivity index (χ0v) is 10.7. The molecule has 0 heterocycles. The largest absolute Gasteiger partial charge is 0.573 e. The summed E-state index contributed by atoms with van der Waals surface area (Å²) in [5, 5.41) is 0. The lowest BCUT2D eigenvalue weighted by Crippen LogP contribution is -2.45. The molecule has 0 aliphatic heterocycles. The molecule has 0 saturated carbocycles. The van der Waals surface area contributed by atoms with Gasteiger partial charge in [-0.1, -0.05) is 0 Å². The van der Waals surface area contributed by atoms with Crippen molar-refractivity contribution in [1.82, 2.24) is 0 Å². The van der Waals surface area contributed by atoms with Crippen LogP contribution in [0.15, 0.2) is 18.2 Å². The average Bonchev–Trinajstić information content (AvgIpc) is 2.34. The van der Waals surface area contributed by atoms with E-state index in [1.54, 1.807) is 0 Å². The van der Waals surface area contributed by atoms with Crippen molar-refractivity contribution in [2.24, 2.45) is 5.73 Å². The summed E-state index contributed by atoms with van der Waals surface area (Å²) >= 11 is 0. The van der Waals surface area contributed by atoms with Gasteiger partial charge in [-0.15, -0.1) is 13.2 Å². The van der Waals surface area contributed by atoms with E-state index in [1.165, 1.54) is 0 Å². The third-order valence-electron chi connectivity index (χ3n) is 2.54. The predicted octanol–water partition coefficient (Wildman–Crippen LogP) is 3.79. The van der Waals surface area contributed by atoms with Crippen molar-refractivity contribution in [2.45, 2.75) is 24.5 Å². The Morgan fingerprint density at radius 1 is 1.00 bits per heavy atom. The first-order valence-electron chi connectivity index (χ1n) is 5.43. The molecule has 1 rings (SSSR count). The molecule has 1 aromatic rings. The van der Waals surface area contributed by atoms with E-state index < -0.39 is 41.6 Å². The van der Waals surface area contributed by atoms with Crippen LogP contribution >= 0.6 is 0 Å². The summed E-state index contributed by atoms with van der Waals surface area (Å²) in [6.45, 7) is 0. The fourth-order valence-electron chi connectivity index (χ4n) is 1.52. The number of hydrogen-bond donors (Lipinski definition) is 1. The standard InChI is InChI=1S/C11H9F8NO2/c1-21-7-4-5(22-11(17,18)19)2-3-6(7)8(20)9(12,13)10(14,15)16/h2-4,8H,20H2,1H3/t8-/m1/s1. The van der Waals surface area contributed by atoms with E-state index in [0.29, 0.717) is 18.2 Å². The molecule has 1 aromatic carbocycles. The number of benzene rings is 1. The molecular formula is C11H9F8NO2. The molecular weight excluding hydrogens is 330 g/mol. The zero-order chi connectivity index (χ0) is 17.3. The van der Waals surface area contributed by atoms with Crippen molar-refractivity contribution in [3.05, 3.63) is 23.8 Å². The number of methoxy groups -OCH3 is 1. The Kier molecular flexibility index (Phi) is 4.80. The highest BCUT2D eigenvalue weighted by Gasteiger charge is 2.62. The van der Waals surface area contributed by atoms with Crippen molar-refractivity contribution in [3.63, 3.8) is 0 Å². The fourth-order valence-corrected chi connectivity index (χ4v) is 1.52. The monoisotopic (exact) mass is 339 g/mol. The highest BCUT2D eigenvalue weighted by Crippen LogP contribution is 2.45. The lowest BCUT2D eigenvalue weighted by molar-refractivity contribution is -0.291. The first-order chi connectivity index (χ1) is 9.79. The van der Waals surface area contributed by atoms with Crippen LogP contribution in [-0.4, -0.2) is 25.6 Å². The number of alkyl halides is 8. The van der Waals surface area contributed by atoms with Gasteiger partial charge in [-0.3, -0.25) is 0 Å². The molecule has 0 spiro atoms. The maximum absolute atomic E-state index is 13.2. The van der Waals surface area contributed by atoms with Crippen LogP contribution in [0.4, 0.5) is 35.1 Å². The van der Waals surface area contributed by atoms with Crippen molar-refractivity contribution in [3.8, 4) is 11.5 Å². The van der Waals surface area contributed by atoms with Crippen LogP contribution in [0.25, 0.3) is 0 Å². The second-order valence-corrected chi connectivity index (χ2v) is 4.05. The maximum atomic E-state index is 13.2. The number of ether oxygens (including phenoxy) is 2. The van der Waals surface area contributed by atoms with E-state index in [2.05, 4.69) is 9.47 Å². The van der Waals surface area contributed by atoms with Gasteiger partial charge in [0.2, 0.25) is 0 Å². The normalized spacial score (nSPS) is 14.6. The van der Waals surface area contributed by atoms with Gasteiger partial charge >= 0.3 is 18.5 Å². The van der Waals surface area contributed by atoms with Gasteiger partial charge < -0.3 is 15.2 Å². The van der Waals surface area contributed by atoms with E-state index in [4.69, 9.17) is 5.73 Å². The molecule has 22 heavy (non-hydrogen) atoms. The quantitative estimate of drug-likeness (QED) is 0.849. The van der Waals surface area contributed by atoms with E-state index in [9.17, 15) is 35.1 Å². The second kappa shape index (κ2) is 5.78. The molecule has 0 fully saturated rings. The molecule has 126 valence electrons. The Balaban J connectivity index is 3.21. The predicted molar refractivity (Wildman–Crippen MR) is 57.6 cm³/mol. The van der Waals surface area contributed by atoms with Crippen LogP contribution < -0.4 is 15.2 Å². The molecule has 0 radical (unpaired) electrons. The molecule has 0 bridgehead atoms. The topological polar surface area (TPSA) is 44.5 Å². The van der Waals surface area contributed by atoms with E-state index in [0.717, 1.165) is 7.11 Å². The van der Waals surface area contributed by atoms with Gasteiger partial charge in [0, 0.05) is 11.6 Å². The van der Waals surface area contributed by atoms with Gasteiger partial charge in [-0.2, -0.15) is 22.0 Å². The SMILES string of the molecule is COc1cc(OC(F)(F)F)ccc1[C@@H](N)C(F)(F)C(F)(F)F. The van der Waals surface area contributed by atoms with Gasteiger partial charge in [0.05, 0.1) is 7.11 Å². The van der Waals surface area contributed by atoms with Gasteiger partial charge in [0.25, 0.3) is 0 Å². The Hall–Kier alpha value is -1.78. The number of rotatable bonds is 4. The van der Waals surface area contributed by atoms with Crippen LogP contribution in [-0.2, 0) is 0 Å². The minimum Gasteiger partial charge on any atom is -0.496 e. The summed E-state index contributed by atoms with van der Waals surface area (Å²) in [7, 11) is 0.870. The van der Waals surface area contributed by atoms with Crippen molar-refractivity contribution in [1.29, 1.82) is 0 Å². The highest BCUT2D eigenvalue weighted by molar-refractivity contribution is 5.43. The van der Waals surface area contributed by atoms with Crippen molar-refractivity contribution in [2.75, 3.05) is 7.11 Å². The van der Waals surface area contributed by atoms with E-state index >= 15 is 0 Å². The molecule has 0 aliphatic rings. The molecule has 0 amide bonds. The van der Waals surface area contributed by atoms with E-state index in [1.807, 2.05) is 0 Å². The van der Waals surface area contributed by atoms with Gasteiger partial charge in [-0.05, 0) is 12.1 Å². The van der Waals surface area contributed by atoms with Crippen molar-refractivity contribution < 1.29 is 44.6 Å². The van der Waals surface area contributed by atoms with Crippen LogP contribution in [0.3, 0.4) is 0 Å². The molecule has 0 saturated heterocycles. The Morgan fingerprint density at radius 2 is 1.55 bits per heavy atom. The fraction of sp³-hybridized carbons (Fsp3) is 0.455. The molecule has 11 heteroatoms. The number of nitrogens with two attached hydrogens (primary N) is 1. The first-order valence-corrected chi connectivity index (χ1v) is 5.43. The van der Waals surface area contributed by atoms with Crippen LogP contribution in [0.1, 0.15) is 11.6 Å². The number of hydrogen-bond acceptors (Lipinski definition) is 3. The highest BCUT2D eigenvalue weighted by atomic mass is 19.4. The van der Waals surface area contributed by atoms with Crippen LogP contribution in [0, 0.1) is 0 Å².